The van der Waals surface area contributed by atoms with Crippen LogP contribution in [0.15, 0.2) is 72.8 Å². The van der Waals surface area contributed by atoms with Gasteiger partial charge in [-0.05, 0) is 115 Å². The van der Waals surface area contributed by atoms with Crippen LogP contribution in [0.4, 0.5) is 0 Å². The quantitative estimate of drug-likeness (QED) is 0.159. The molecule has 1 aliphatic heterocycles. The summed E-state index contributed by atoms with van der Waals surface area (Å²) >= 11 is 4.57. The van der Waals surface area contributed by atoms with E-state index in [2.05, 4.69) is 57.3 Å². The molecule has 0 bridgehead atoms. The van der Waals surface area contributed by atoms with Crippen LogP contribution in [0.5, 0.6) is 28.7 Å². The van der Waals surface area contributed by atoms with Gasteiger partial charge in [-0.3, -0.25) is 0 Å². The molecule has 1 aliphatic rings. The van der Waals surface area contributed by atoms with Crippen molar-refractivity contribution >= 4 is 66.7 Å². The molecular formula is C27H16I2O4. The Morgan fingerprint density at radius 2 is 1.27 bits per heavy atom. The lowest BCUT2D eigenvalue weighted by atomic mass is 9.78. The summed E-state index contributed by atoms with van der Waals surface area (Å²) in [6.07, 6.45) is 0. The summed E-state index contributed by atoms with van der Waals surface area (Å²) in [5, 5.41) is 35.3. The highest BCUT2D eigenvalue weighted by molar-refractivity contribution is 14.1. The van der Waals surface area contributed by atoms with Gasteiger partial charge in [0.1, 0.15) is 28.7 Å². The van der Waals surface area contributed by atoms with Crippen molar-refractivity contribution in [3.63, 3.8) is 0 Å². The van der Waals surface area contributed by atoms with Gasteiger partial charge in [-0.25, -0.2) is 0 Å². The molecule has 0 amide bonds. The zero-order valence-corrected chi connectivity index (χ0v) is 21.3. The van der Waals surface area contributed by atoms with Gasteiger partial charge >= 0.3 is 0 Å². The Morgan fingerprint density at radius 3 is 1.97 bits per heavy atom. The smallest absolute Gasteiger partial charge is 0.144 e. The molecule has 0 fully saturated rings. The summed E-state index contributed by atoms with van der Waals surface area (Å²) in [7, 11) is 0. The molecule has 5 aromatic carbocycles. The minimum absolute atomic E-state index is 0.134. The highest BCUT2D eigenvalue weighted by Crippen LogP contribution is 2.54. The van der Waals surface area contributed by atoms with Crippen LogP contribution in [0.1, 0.15) is 22.6 Å². The molecular weight excluding hydrogens is 642 g/mol. The number of hydrogen-bond donors (Lipinski definition) is 3. The van der Waals surface area contributed by atoms with Crippen molar-refractivity contribution in [1.82, 2.24) is 0 Å². The molecule has 3 N–H and O–H groups in total. The van der Waals surface area contributed by atoms with Gasteiger partial charge in [-0.15, -0.1) is 0 Å². The fourth-order valence-corrected chi connectivity index (χ4v) is 6.79. The normalized spacial score (nSPS) is 14.7. The molecule has 0 spiro atoms. The van der Waals surface area contributed by atoms with Crippen molar-refractivity contribution in [2.24, 2.45) is 0 Å². The SMILES string of the molecule is Oc1ccc2ccc(O)c(C3c4cc(I)cc(I)c4Oc4ccc5ccc(O)cc5c43)c2c1. The average Bonchev–Trinajstić information content (AvgIpc) is 2.78. The number of fused-ring (bicyclic) bond motifs is 5. The molecule has 0 saturated carbocycles. The first-order valence-electron chi connectivity index (χ1n) is 10.3. The van der Waals surface area contributed by atoms with E-state index >= 15 is 0 Å². The van der Waals surface area contributed by atoms with Crippen LogP contribution in [0, 0.1) is 7.14 Å². The van der Waals surface area contributed by atoms with E-state index in [0.29, 0.717) is 11.3 Å². The lowest BCUT2D eigenvalue weighted by molar-refractivity contribution is 0.443. The largest absolute Gasteiger partial charge is 0.508 e. The highest BCUT2D eigenvalue weighted by Gasteiger charge is 2.34. The summed E-state index contributed by atoms with van der Waals surface area (Å²) in [6.45, 7) is 0. The maximum Gasteiger partial charge on any atom is 0.144 e. The van der Waals surface area contributed by atoms with E-state index in [4.69, 9.17) is 4.74 Å². The fraction of sp³-hybridized carbons (Fsp3) is 0.0370. The van der Waals surface area contributed by atoms with Crippen molar-refractivity contribution < 1.29 is 20.1 Å². The van der Waals surface area contributed by atoms with Crippen LogP contribution in [-0.4, -0.2) is 15.3 Å². The maximum atomic E-state index is 11.2. The molecule has 6 heteroatoms. The third-order valence-electron chi connectivity index (χ3n) is 6.17. The number of aromatic hydroxyl groups is 3. The Labute approximate surface area is 216 Å². The van der Waals surface area contributed by atoms with Crippen molar-refractivity contribution in [2.75, 3.05) is 0 Å². The zero-order chi connectivity index (χ0) is 22.9. The topological polar surface area (TPSA) is 69.9 Å². The van der Waals surface area contributed by atoms with E-state index < -0.39 is 0 Å². The summed E-state index contributed by atoms with van der Waals surface area (Å²) in [5.74, 6) is 1.50. The summed E-state index contributed by atoms with van der Waals surface area (Å²) in [4.78, 5) is 0. The van der Waals surface area contributed by atoms with Gasteiger partial charge in [0.25, 0.3) is 0 Å². The number of ether oxygens (including phenoxy) is 1. The van der Waals surface area contributed by atoms with Crippen molar-refractivity contribution in [1.29, 1.82) is 0 Å². The van der Waals surface area contributed by atoms with Crippen LogP contribution in [0.2, 0.25) is 0 Å². The molecule has 1 atom stereocenters. The molecule has 0 saturated heterocycles. The number of benzene rings is 5. The third kappa shape index (κ3) is 3.30. The number of phenols is 3. The minimum atomic E-state index is -0.372. The molecule has 6 rings (SSSR count). The van der Waals surface area contributed by atoms with Gasteiger partial charge in [0, 0.05) is 26.2 Å². The first kappa shape index (κ1) is 20.9. The first-order valence-corrected chi connectivity index (χ1v) is 12.4. The van der Waals surface area contributed by atoms with Gasteiger partial charge in [0.15, 0.2) is 0 Å². The Balaban J connectivity index is 1.80. The minimum Gasteiger partial charge on any atom is -0.508 e. The Kier molecular flexibility index (Phi) is 4.84. The van der Waals surface area contributed by atoms with E-state index in [1.165, 1.54) is 0 Å². The van der Waals surface area contributed by atoms with E-state index in [-0.39, 0.29) is 23.2 Å². The molecule has 1 heterocycles. The highest BCUT2D eigenvalue weighted by atomic mass is 127. The lowest BCUT2D eigenvalue weighted by Gasteiger charge is -2.32. The molecule has 162 valence electrons. The van der Waals surface area contributed by atoms with E-state index in [1.807, 2.05) is 30.3 Å². The second kappa shape index (κ2) is 7.66. The summed E-state index contributed by atoms with van der Waals surface area (Å²) in [5.41, 5.74) is 2.50. The summed E-state index contributed by atoms with van der Waals surface area (Å²) < 4.78 is 8.44. The molecule has 5 aromatic rings. The van der Waals surface area contributed by atoms with Crippen molar-refractivity contribution in [2.45, 2.75) is 5.92 Å². The number of hydrogen-bond acceptors (Lipinski definition) is 4. The Bertz CT molecular complexity index is 1550. The van der Waals surface area contributed by atoms with E-state index in [9.17, 15) is 15.3 Å². The number of rotatable bonds is 1. The van der Waals surface area contributed by atoms with Gasteiger partial charge in [-0.1, -0.05) is 24.3 Å². The molecule has 0 radical (unpaired) electrons. The molecule has 4 nitrogen and oxygen atoms in total. The van der Waals surface area contributed by atoms with Crippen molar-refractivity contribution in [3.05, 3.63) is 96.6 Å². The van der Waals surface area contributed by atoms with Gasteiger partial charge in [-0.2, -0.15) is 0 Å². The third-order valence-corrected chi connectivity index (χ3v) is 7.59. The van der Waals surface area contributed by atoms with Crippen LogP contribution in [0.25, 0.3) is 21.5 Å². The lowest BCUT2D eigenvalue weighted by Crippen LogP contribution is -2.14. The number of halogens is 2. The van der Waals surface area contributed by atoms with Crippen LogP contribution in [0.3, 0.4) is 0 Å². The Morgan fingerprint density at radius 1 is 0.667 bits per heavy atom. The second-order valence-corrected chi connectivity index (χ2v) is 10.5. The van der Waals surface area contributed by atoms with E-state index in [1.54, 1.807) is 30.3 Å². The van der Waals surface area contributed by atoms with Crippen LogP contribution >= 0.6 is 45.2 Å². The number of phenolic OH excluding ortho intramolecular Hbond substituents is 3. The summed E-state index contributed by atoms with van der Waals surface area (Å²) in [6, 6.07) is 22.1. The van der Waals surface area contributed by atoms with Gasteiger partial charge in [0.2, 0.25) is 0 Å². The van der Waals surface area contributed by atoms with Crippen LogP contribution < -0.4 is 4.74 Å². The van der Waals surface area contributed by atoms with Gasteiger partial charge in [0.05, 0.1) is 3.57 Å². The predicted octanol–water partition coefficient (Wildman–Crippen LogP) is 7.60. The standard InChI is InChI=1S/C27H16I2O4/c28-15-9-20-26(24-18-11-16(30)5-1-13(18)3-7-22(24)32)25-19-12-17(31)6-2-14(19)4-8-23(25)33-27(20)21(29)10-15/h1-12,26,30-32H. The molecule has 33 heavy (non-hydrogen) atoms. The molecule has 1 unspecified atom stereocenters. The van der Waals surface area contributed by atoms with Crippen LogP contribution in [-0.2, 0) is 0 Å². The average molecular weight is 658 g/mol. The predicted molar refractivity (Wildman–Crippen MR) is 146 cm³/mol. The second-order valence-electron chi connectivity index (χ2n) is 8.13. The molecule has 0 aromatic heterocycles. The van der Waals surface area contributed by atoms with Gasteiger partial charge < -0.3 is 20.1 Å². The maximum absolute atomic E-state index is 11.2. The Hall–Kier alpha value is -2.72. The molecule has 0 aliphatic carbocycles. The fourth-order valence-electron chi connectivity index (χ4n) is 4.79. The van der Waals surface area contributed by atoms with Crippen molar-refractivity contribution in [3.8, 4) is 28.7 Å². The van der Waals surface area contributed by atoms with E-state index in [0.717, 1.165) is 45.6 Å². The monoisotopic (exact) mass is 658 g/mol. The zero-order valence-electron chi connectivity index (χ0n) is 17.0. The first-order chi connectivity index (χ1) is 15.9.